The molecule has 1 saturated carbocycles. The maximum atomic E-state index is 13.9. The van der Waals surface area contributed by atoms with E-state index in [2.05, 4.69) is 68.6 Å². The molecule has 1 aliphatic carbocycles. The van der Waals surface area contributed by atoms with Gasteiger partial charge in [0.15, 0.2) is 0 Å². The van der Waals surface area contributed by atoms with E-state index in [1.165, 1.54) is 36.4 Å². The number of aromatic amines is 3. The van der Waals surface area contributed by atoms with Crippen molar-refractivity contribution in [1.29, 1.82) is 0 Å². The van der Waals surface area contributed by atoms with Gasteiger partial charge in [0.2, 0.25) is 0 Å². The summed E-state index contributed by atoms with van der Waals surface area (Å²) in [7, 11) is 0. The summed E-state index contributed by atoms with van der Waals surface area (Å²) in [6.07, 6.45) is 9.74. The van der Waals surface area contributed by atoms with E-state index in [0.717, 1.165) is 165 Å². The number of nitrogens with zero attached hydrogens (tertiary/aromatic N) is 6. The predicted octanol–water partition coefficient (Wildman–Crippen LogP) is 15.8. The van der Waals surface area contributed by atoms with E-state index in [1.807, 2.05) is 85.1 Å². The highest BCUT2D eigenvalue weighted by molar-refractivity contribution is 6.10. The number of hydrogen-bond donors (Lipinski definition) is 9. The van der Waals surface area contributed by atoms with E-state index >= 15 is 0 Å². The quantitative estimate of drug-likeness (QED) is 0.0460. The lowest BCUT2D eigenvalue weighted by Crippen LogP contribution is -2.40. The number of hydrogen-bond acceptors (Lipinski definition) is 10. The van der Waals surface area contributed by atoms with Gasteiger partial charge in [0.1, 0.15) is 23.5 Å². The molecule has 2 aliphatic heterocycles. The molecule has 1 unspecified atom stereocenters. The maximum Gasteiger partial charge on any atom is 0.335 e. The van der Waals surface area contributed by atoms with Crippen LogP contribution in [0, 0.1) is 17.5 Å². The van der Waals surface area contributed by atoms with E-state index in [4.69, 9.17) is 4.74 Å². The number of aliphatic hydroxyl groups excluding tert-OH is 2. The summed E-state index contributed by atoms with van der Waals surface area (Å²) in [4.78, 5) is 46.7. The number of carboxylic acid groups (broad SMARTS) is 2. The Bertz CT molecular complexity index is 5880. The topological polar surface area (TPSA) is 283 Å². The molecule has 9 aromatic carbocycles. The first kappa shape index (κ1) is 67.1. The van der Waals surface area contributed by atoms with Crippen LogP contribution in [0.5, 0.6) is 0 Å². The molecule has 1 atom stereocenters. The largest absolute Gasteiger partial charge is 0.478 e. The van der Waals surface area contributed by atoms with Crippen LogP contribution in [0.25, 0.3) is 116 Å². The van der Waals surface area contributed by atoms with Crippen LogP contribution in [0.1, 0.15) is 101 Å². The van der Waals surface area contributed by atoms with Crippen LogP contribution in [-0.4, -0.2) is 115 Å². The van der Waals surface area contributed by atoms with Gasteiger partial charge in [-0.15, -0.1) is 0 Å². The first-order valence-electron chi connectivity index (χ1n) is 34.4. The van der Waals surface area contributed by atoms with Gasteiger partial charge in [-0.2, -0.15) is 15.3 Å². The fourth-order valence-electron chi connectivity index (χ4n) is 15.4. The molecule has 2 saturated heterocycles. The molecule has 0 spiro atoms. The molecule has 526 valence electrons. The summed E-state index contributed by atoms with van der Waals surface area (Å²) < 4.78 is 53.6. The van der Waals surface area contributed by atoms with Crippen LogP contribution in [0.4, 0.5) is 18.0 Å². The summed E-state index contributed by atoms with van der Waals surface area (Å²) in [5, 5.41) is 72.1. The van der Waals surface area contributed by atoms with Gasteiger partial charge < -0.3 is 44.2 Å². The Morgan fingerprint density at radius 1 is 0.543 bits per heavy atom. The van der Waals surface area contributed by atoms with Crippen molar-refractivity contribution in [3.05, 3.63) is 252 Å². The molecule has 3 fully saturated rings. The summed E-state index contributed by atoms with van der Waals surface area (Å²) in [5.74, 6) is -3.04. The van der Waals surface area contributed by atoms with Gasteiger partial charge in [-0.1, -0.05) is 68.8 Å². The van der Waals surface area contributed by atoms with Crippen molar-refractivity contribution in [2.45, 2.75) is 68.7 Å². The Balaban J connectivity index is 0.000000121. The number of rotatable bonds is 14. The first-order valence-corrected chi connectivity index (χ1v) is 34.4. The third-order valence-electron chi connectivity index (χ3n) is 20.8. The second-order valence-electron chi connectivity index (χ2n) is 27.6. The molecule has 20 nitrogen and oxygen atoms in total. The summed E-state index contributed by atoms with van der Waals surface area (Å²) >= 11 is 0. The van der Waals surface area contributed by atoms with Crippen molar-refractivity contribution in [3.8, 4) is 50.4 Å². The van der Waals surface area contributed by atoms with Crippen molar-refractivity contribution in [2.75, 3.05) is 26.4 Å². The lowest BCUT2D eigenvalue weighted by atomic mass is 9.65. The van der Waals surface area contributed by atoms with Crippen molar-refractivity contribution in [2.24, 2.45) is 0 Å². The average Bonchev–Trinajstić information content (AvgIpc) is 1.57. The van der Waals surface area contributed by atoms with Crippen LogP contribution >= 0.6 is 0 Å². The van der Waals surface area contributed by atoms with Gasteiger partial charge in [0.05, 0.1) is 76.0 Å². The zero-order valence-electron chi connectivity index (χ0n) is 56.7. The van der Waals surface area contributed by atoms with Crippen LogP contribution in [0.2, 0.25) is 0 Å². The van der Waals surface area contributed by atoms with Gasteiger partial charge in [-0.25, -0.2) is 27.6 Å². The monoisotopic (exact) mass is 1410 g/mol. The molecule has 3 amide bonds. The summed E-state index contributed by atoms with van der Waals surface area (Å²) in [5.41, 5.74) is 16.5. The van der Waals surface area contributed by atoms with Crippen LogP contribution < -0.4 is 10.6 Å². The number of urea groups is 1. The third kappa shape index (κ3) is 12.0. The third-order valence-corrected chi connectivity index (χ3v) is 20.8. The molecular formula is C82H68F3N11O9. The molecule has 9 N–H and O–H groups in total. The Morgan fingerprint density at radius 3 is 1.40 bits per heavy atom. The van der Waals surface area contributed by atoms with Crippen molar-refractivity contribution >= 4 is 89.3 Å². The number of fused-ring (bicyclic) bond motifs is 6. The number of carbonyl (C=O) groups is 4. The molecule has 8 heterocycles. The number of carboxylic acids is 2. The highest BCUT2D eigenvalue weighted by Crippen LogP contribution is 2.53. The standard InChI is InChI=1S/C29H24FN5O3.C27H22FN3O3.C26H22FN3O3/c30-20-5-7-21(8-6-20)35-24-13-19-15-31-34-23(19)14-22(24)25(27(35)18-9-11-38-12-10-18)16-1-3-17(4-2-16)26-28(36)33-29(37)32-26;28-19-6-8-20(9-7-19)31-23-12-18-14-29-30-22(18)13-21(23)24(25(31)27(15-32)10-1-11-27)16-2-4-17(5-3-16)26(33)34;1-26(2,14-31)24-23(15-3-5-16(6-4-15)25(32)33)20-12-21-17(13-28-29-21)11-22(20)30(24)19-9-7-18(27)8-10-19/h1-8,13-15,18,26H,9-12H2,(H,31,34)(H2,32,33,36,37);2-9,12-14,32H,1,10-11,15H2,(H,29,30)(H,33,34);3-13,31H,14H2,1-2H3,(H,28,29)(H,32,33). The summed E-state index contributed by atoms with van der Waals surface area (Å²) in [6.45, 7) is 5.12. The molecule has 23 heteroatoms. The van der Waals surface area contributed by atoms with Gasteiger partial charge in [-0.05, 0) is 181 Å². The van der Waals surface area contributed by atoms with Gasteiger partial charge in [-0.3, -0.25) is 25.4 Å². The fourth-order valence-corrected chi connectivity index (χ4v) is 15.4. The lowest BCUT2D eigenvalue weighted by Gasteiger charge is -2.42. The number of imide groups is 1. The number of carbonyl (C=O) groups excluding carboxylic acids is 2. The number of halogens is 3. The van der Waals surface area contributed by atoms with E-state index in [0.29, 0.717) is 18.8 Å². The minimum Gasteiger partial charge on any atom is -0.478 e. The molecule has 0 radical (unpaired) electrons. The number of benzene rings is 9. The fraction of sp³-hybridized carbons (Fsp3) is 0.183. The number of nitrogens with one attached hydrogen (secondary N) is 5. The SMILES string of the molecule is CC(C)(CO)c1c(-c2ccc(C(=O)O)cc2)c2cc3[nH]ncc3cc2n1-c1ccc(F)cc1.O=C(O)c1ccc(-c2c(C3(CO)CCC3)n(-c3ccc(F)cc3)c3cc4cn[nH]c4cc23)cc1.O=C1NC(=O)C(c2ccc(-c3c(C4CCOCC4)n(-c4ccc(F)cc4)c4cc5cn[nH]c5cc34)cc2)N1. The second-order valence-corrected chi connectivity index (χ2v) is 27.6. The molecule has 105 heavy (non-hydrogen) atoms. The van der Waals surface area contributed by atoms with Gasteiger partial charge in [0.25, 0.3) is 5.91 Å². The first-order chi connectivity index (χ1) is 50.9. The smallest absolute Gasteiger partial charge is 0.335 e. The Hall–Kier alpha value is -12.4. The number of amides is 3. The highest BCUT2D eigenvalue weighted by atomic mass is 19.1. The Kier molecular flexibility index (Phi) is 17.1. The van der Waals surface area contributed by atoms with E-state index in [-0.39, 0.29) is 53.6 Å². The second kappa shape index (κ2) is 26.7. The van der Waals surface area contributed by atoms with Gasteiger partial charge in [0, 0.05) is 113 Å². The van der Waals surface area contributed by atoms with Crippen LogP contribution in [0.15, 0.2) is 201 Å². The molecule has 18 rings (SSSR count). The number of aromatic nitrogens is 9. The number of aliphatic hydroxyl groups is 2. The summed E-state index contributed by atoms with van der Waals surface area (Å²) in [6, 6.07) is 51.7. The van der Waals surface area contributed by atoms with E-state index in [1.54, 1.807) is 79.3 Å². The van der Waals surface area contributed by atoms with Crippen LogP contribution in [-0.2, 0) is 20.4 Å². The minimum atomic E-state index is -0.995. The van der Waals surface area contributed by atoms with Crippen molar-refractivity contribution in [1.82, 2.24) is 54.9 Å². The van der Waals surface area contributed by atoms with Crippen LogP contribution in [0.3, 0.4) is 0 Å². The Labute approximate surface area is 596 Å². The molecule has 0 bridgehead atoms. The minimum absolute atomic E-state index is 0.00977. The zero-order chi connectivity index (χ0) is 72.6. The number of ether oxygens (including phenoxy) is 1. The number of H-pyrrole nitrogens is 3. The highest BCUT2D eigenvalue weighted by Gasteiger charge is 2.44. The predicted molar refractivity (Wildman–Crippen MR) is 394 cm³/mol. The average molecular weight is 1410 g/mol. The molecular weight excluding hydrogens is 1340 g/mol. The lowest BCUT2D eigenvalue weighted by molar-refractivity contribution is -0.120. The van der Waals surface area contributed by atoms with E-state index in [9.17, 15) is 52.8 Å². The van der Waals surface area contributed by atoms with E-state index < -0.39 is 34.8 Å². The van der Waals surface area contributed by atoms with Gasteiger partial charge >= 0.3 is 18.0 Å². The Morgan fingerprint density at radius 2 is 0.962 bits per heavy atom. The van der Waals surface area contributed by atoms with Crippen molar-refractivity contribution in [3.63, 3.8) is 0 Å². The number of aromatic carboxylic acids is 2. The molecule has 6 aromatic heterocycles. The molecule has 3 aliphatic rings. The normalized spacial score (nSPS) is 15.2. The zero-order valence-corrected chi connectivity index (χ0v) is 56.7. The maximum absolute atomic E-state index is 13.9. The molecule has 15 aromatic rings. The van der Waals surface area contributed by atoms with Crippen molar-refractivity contribution < 1.29 is 57.5 Å².